The van der Waals surface area contributed by atoms with E-state index in [9.17, 15) is 14.7 Å². The van der Waals surface area contributed by atoms with Crippen LogP contribution in [0.5, 0.6) is 0 Å². The van der Waals surface area contributed by atoms with Crippen LogP contribution >= 0.6 is 0 Å². The number of aliphatic hydroxyl groups excluding tert-OH is 1. The van der Waals surface area contributed by atoms with Gasteiger partial charge in [0.15, 0.2) is 6.10 Å². The van der Waals surface area contributed by atoms with Crippen LogP contribution < -0.4 is 0 Å². The van der Waals surface area contributed by atoms with E-state index in [0.29, 0.717) is 12.8 Å². The molecule has 0 saturated heterocycles. The van der Waals surface area contributed by atoms with Gasteiger partial charge in [-0.05, 0) is 116 Å². The molecule has 1 N–H and O–H groups in total. The minimum atomic E-state index is -0.806. The van der Waals surface area contributed by atoms with Gasteiger partial charge in [-0.15, -0.1) is 0 Å². The van der Waals surface area contributed by atoms with Crippen LogP contribution in [-0.4, -0.2) is 36.4 Å². The Morgan fingerprint density at radius 2 is 0.597 bits per heavy atom. The van der Waals surface area contributed by atoms with Gasteiger partial charge in [0.2, 0.25) is 0 Å². The quantitative estimate of drug-likeness (QED) is 0.0373. The molecular formula is C67H110O5. The molecule has 0 aromatic carbocycles. The maximum Gasteiger partial charge on any atom is 0.306 e. The smallest absolute Gasteiger partial charge is 0.306 e. The minimum absolute atomic E-state index is 0.0910. The Bertz CT molecular complexity index is 1500. The van der Waals surface area contributed by atoms with Crippen LogP contribution in [0.15, 0.2) is 134 Å². The van der Waals surface area contributed by atoms with Gasteiger partial charge in [0.1, 0.15) is 6.61 Å². The second-order valence-corrected chi connectivity index (χ2v) is 19.3. The van der Waals surface area contributed by atoms with E-state index in [1.165, 1.54) is 128 Å². The first-order valence-electron chi connectivity index (χ1n) is 29.7. The number of aliphatic hydroxyl groups is 1. The molecule has 0 spiro atoms. The Labute approximate surface area is 445 Å². The number of unbranched alkanes of at least 4 members (excludes halogenated alkanes) is 23. The first-order chi connectivity index (χ1) is 35.6. The van der Waals surface area contributed by atoms with E-state index in [4.69, 9.17) is 9.47 Å². The first-order valence-corrected chi connectivity index (χ1v) is 29.7. The third-order valence-electron chi connectivity index (χ3n) is 12.4. The summed E-state index contributed by atoms with van der Waals surface area (Å²) in [7, 11) is 0. The number of carbonyl (C=O) groups is 2. The molecule has 0 rings (SSSR count). The fourth-order valence-electron chi connectivity index (χ4n) is 7.99. The number of carbonyl (C=O) groups excluding carboxylic acids is 2. The van der Waals surface area contributed by atoms with E-state index in [2.05, 4.69) is 148 Å². The molecule has 0 fully saturated rings. The highest BCUT2D eigenvalue weighted by atomic mass is 16.6. The van der Waals surface area contributed by atoms with Crippen molar-refractivity contribution in [3.05, 3.63) is 134 Å². The Morgan fingerprint density at radius 3 is 0.931 bits per heavy atom. The number of esters is 2. The monoisotopic (exact) mass is 995 g/mol. The SMILES string of the molecule is CC/C=C\C/C=C\C/C=C\C/C=C\C/C=C\C/C=C\C/C=C\C/C=C\CCCCC(=O)OC(CO)COC(=O)CCCCCCCCCCCCCCCCCC/C=C\C/C=C\C/C=C\CCCCCCC. The summed E-state index contributed by atoms with van der Waals surface area (Å²) in [4.78, 5) is 24.5. The average molecular weight is 996 g/mol. The molecular weight excluding hydrogens is 885 g/mol. The molecule has 0 aromatic heterocycles. The summed E-state index contributed by atoms with van der Waals surface area (Å²) < 4.78 is 10.7. The number of rotatable bonds is 53. The summed E-state index contributed by atoms with van der Waals surface area (Å²) in [5.41, 5.74) is 0. The lowest BCUT2D eigenvalue weighted by Crippen LogP contribution is -2.28. The Hall–Kier alpha value is -3.96. The normalized spacial score (nSPS) is 13.2. The van der Waals surface area contributed by atoms with Crippen LogP contribution in [0.1, 0.15) is 258 Å². The van der Waals surface area contributed by atoms with Gasteiger partial charge in [-0.1, -0.05) is 263 Å². The summed E-state index contributed by atoms with van der Waals surface area (Å²) in [5, 5.41) is 9.66. The van der Waals surface area contributed by atoms with Crippen LogP contribution in [0.25, 0.3) is 0 Å². The average Bonchev–Trinajstić information content (AvgIpc) is 3.38. The third kappa shape index (κ3) is 58.6. The van der Waals surface area contributed by atoms with Crippen molar-refractivity contribution in [2.75, 3.05) is 13.2 Å². The van der Waals surface area contributed by atoms with Gasteiger partial charge in [0.05, 0.1) is 6.61 Å². The fraction of sp³-hybridized carbons (Fsp3) is 0.642. The van der Waals surface area contributed by atoms with Crippen molar-refractivity contribution in [3.8, 4) is 0 Å². The van der Waals surface area contributed by atoms with Crippen molar-refractivity contribution in [1.82, 2.24) is 0 Å². The lowest BCUT2D eigenvalue weighted by atomic mass is 10.0. The molecule has 0 aliphatic heterocycles. The van der Waals surface area contributed by atoms with Gasteiger partial charge in [0, 0.05) is 12.8 Å². The molecule has 1 atom stereocenters. The Morgan fingerprint density at radius 1 is 0.333 bits per heavy atom. The minimum Gasteiger partial charge on any atom is -0.462 e. The zero-order valence-corrected chi connectivity index (χ0v) is 46.6. The molecule has 408 valence electrons. The fourth-order valence-corrected chi connectivity index (χ4v) is 7.99. The van der Waals surface area contributed by atoms with Crippen LogP contribution in [0.4, 0.5) is 0 Å². The largest absolute Gasteiger partial charge is 0.462 e. The number of allylic oxidation sites excluding steroid dienone is 22. The molecule has 0 radical (unpaired) electrons. The van der Waals surface area contributed by atoms with Crippen molar-refractivity contribution in [3.63, 3.8) is 0 Å². The molecule has 0 bridgehead atoms. The van der Waals surface area contributed by atoms with Gasteiger partial charge in [-0.25, -0.2) is 0 Å². The molecule has 0 heterocycles. The first kappa shape index (κ1) is 68.0. The van der Waals surface area contributed by atoms with E-state index in [-0.39, 0.29) is 25.2 Å². The molecule has 72 heavy (non-hydrogen) atoms. The molecule has 5 heteroatoms. The number of ether oxygens (including phenoxy) is 2. The highest BCUT2D eigenvalue weighted by Crippen LogP contribution is 2.15. The zero-order valence-electron chi connectivity index (χ0n) is 46.6. The molecule has 0 saturated carbocycles. The number of hydrogen-bond acceptors (Lipinski definition) is 5. The maximum absolute atomic E-state index is 12.3. The van der Waals surface area contributed by atoms with Crippen LogP contribution in [-0.2, 0) is 19.1 Å². The maximum atomic E-state index is 12.3. The summed E-state index contributed by atoms with van der Waals surface area (Å²) in [5.74, 6) is -0.646. The zero-order chi connectivity index (χ0) is 52.0. The van der Waals surface area contributed by atoms with Crippen LogP contribution in [0, 0.1) is 0 Å². The topological polar surface area (TPSA) is 72.8 Å². The second kappa shape index (κ2) is 61.3. The summed E-state index contributed by atoms with van der Waals surface area (Å²) >= 11 is 0. The van der Waals surface area contributed by atoms with E-state index in [0.717, 1.165) is 103 Å². The van der Waals surface area contributed by atoms with E-state index >= 15 is 0 Å². The van der Waals surface area contributed by atoms with Gasteiger partial charge in [-0.2, -0.15) is 0 Å². The van der Waals surface area contributed by atoms with Crippen molar-refractivity contribution in [2.45, 2.75) is 264 Å². The van der Waals surface area contributed by atoms with Gasteiger partial charge in [0.25, 0.3) is 0 Å². The predicted octanol–water partition coefficient (Wildman–Crippen LogP) is 20.4. The highest BCUT2D eigenvalue weighted by molar-refractivity contribution is 5.70. The lowest BCUT2D eigenvalue weighted by Gasteiger charge is -2.15. The van der Waals surface area contributed by atoms with E-state index < -0.39 is 6.10 Å². The summed E-state index contributed by atoms with van der Waals surface area (Å²) in [6.07, 6.45) is 91.4. The molecule has 0 amide bonds. The van der Waals surface area contributed by atoms with Crippen molar-refractivity contribution in [2.24, 2.45) is 0 Å². The molecule has 0 aliphatic carbocycles. The molecule has 0 aliphatic rings. The summed E-state index contributed by atoms with van der Waals surface area (Å²) in [6, 6.07) is 0. The van der Waals surface area contributed by atoms with Crippen molar-refractivity contribution >= 4 is 11.9 Å². The van der Waals surface area contributed by atoms with Crippen molar-refractivity contribution < 1.29 is 24.2 Å². The lowest BCUT2D eigenvalue weighted by molar-refractivity contribution is -0.161. The van der Waals surface area contributed by atoms with Gasteiger partial charge >= 0.3 is 11.9 Å². The van der Waals surface area contributed by atoms with E-state index in [1.54, 1.807) is 0 Å². The second-order valence-electron chi connectivity index (χ2n) is 19.3. The van der Waals surface area contributed by atoms with Gasteiger partial charge in [-0.3, -0.25) is 9.59 Å². The Balaban J connectivity index is 3.59. The summed E-state index contributed by atoms with van der Waals surface area (Å²) in [6.45, 7) is 3.98. The molecule has 1 unspecified atom stereocenters. The van der Waals surface area contributed by atoms with Gasteiger partial charge < -0.3 is 14.6 Å². The van der Waals surface area contributed by atoms with Crippen LogP contribution in [0.3, 0.4) is 0 Å². The Kier molecular flexibility index (Phi) is 58.0. The molecule has 0 aromatic rings. The molecule has 5 nitrogen and oxygen atoms in total. The van der Waals surface area contributed by atoms with E-state index in [1.807, 2.05) is 0 Å². The van der Waals surface area contributed by atoms with Crippen molar-refractivity contribution in [1.29, 1.82) is 0 Å². The third-order valence-corrected chi connectivity index (χ3v) is 12.4. The standard InChI is InChI=1S/C67H110O5/c1-3-5-7-9-11-13-15-17-19-21-23-25-27-29-31-32-33-34-36-37-39-41-43-45-47-49-51-53-55-57-59-61-66(69)71-64-65(63-68)72-67(70)62-60-58-56-54-52-50-48-46-44-42-40-38-35-30-28-26-24-22-20-18-16-14-12-10-8-6-4-2/h6,8,12,14-15,17-18,20-21,23-24,26-27,29-30,35,40,42,46,48,52,54,65,68H,3-5,7,9-11,13,16,19,22,25,28,31-34,36-39,41,43-45,47,49-51,53,55-64H2,1-2H3/b8-6-,14-12-,17-15-,20-18-,23-21-,26-24-,29-27-,35-30-,42-40-,48-46-,54-52-. The van der Waals surface area contributed by atoms with Crippen LogP contribution in [0.2, 0.25) is 0 Å². The predicted molar refractivity (Wildman–Crippen MR) is 315 cm³/mol. The highest BCUT2D eigenvalue weighted by Gasteiger charge is 2.16. The number of hydrogen-bond donors (Lipinski definition) is 1.